The lowest BCUT2D eigenvalue weighted by Gasteiger charge is -2.14. The molecule has 206 valence electrons. The summed E-state index contributed by atoms with van der Waals surface area (Å²) in [5.41, 5.74) is 2.57. The Morgan fingerprint density at radius 3 is 2.09 bits per heavy atom. The largest absolute Gasteiger partial charge is 0.247 e. The Morgan fingerprint density at radius 1 is 0.705 bits per heavy atom. The minimum Gasteiger partial charge on any atom is -0.247 e. The van der Waals surface area contributed by atoms with Gasteiger partial charge in [-0.2, -0.15) is 19.3 Å². The Bertz CT molecular complexity index is 2430. The molecule has 0 atom stereocenters. The molecule has 44 heavy (non-hydrogen) atoms. The van der Waals surface area contributed by atoms with Crippen LogP contribution in [0.2, 0.25) is 0 Å². The smallest absolute Gasteiger partial charge is 0.187 e. The molecule has 10 heteroatoms. The third-order valence-electron chi connectivity index (χ3n) is 7.47. The maximum Gasteiger partial charge on any atom is 0.187 e. The number of nitrogens with zero attached hydrogens (tertiary/aromatic N) is 6. The van der Waals surface area contributed by atoms with Gasteiger partial charge in [0.25, 0.3) is 0 Å². The summed E-state index contributed by atoms with van der Waals surface area (Å²) < 4.78 is 53.9. The van der Waals surface area contributed by atoms with Gasteiger partial charge in [-0.3, -0.25) is 0 Å². The molecular weight excluding hydrogens is 581 g/mol. The summed E-state index contributed by atoms with van der Waals surface area (Å²) in [7, 11) is 0. The third kappa shape index (κ3) is 3.96. The Hall–Kier alpha value is -6.15. The zero-order chi connectivity index (χ0) is 30.5. The predicted molar refractivity (Wildman–Crippen MR) is 162 cm³/mol. The zero-order valence-electron chi connectivity index (χ0n) is 22.2. The minimum atomic E-state index is -1.53. The molecule has 0 radical (unpaired) electrons. The van der Waals surface area contributed by atoms with Crippen molar-refractivity contribution < 1.29 is 13.2 Å². The van der Waals surface area contributed by atoms with Gasteiger partial charge in [-0.05, 0) is 29.3 Å². The lowest BCUT2D eigenvalue weighted by Crippen LogP contribution is -2.03. The summed E-state index contributed by atoms with van der Waals surface area (Å²) in [6.45, 7) is 7.46. The maximum atomic E-state index is 15.1. The molecule has 7 aromatic rings. The predicted octanol–water partition coefficient (Wildman–Crippen LogP) is 9.11. The SMILES string of the molecule is [C-]#[N+]c1cccc(-c2cc3c(-c4ccc(-c5c(F)c(C#N)c(F)c(C#N)c5F)cc4)nc4ccccc4c3c3nsnc23)c1. The summed E-state index contributed by atoms with van der Waals surface area (Å²) in [6.07, 6.45) is 0. The lowest BCUT2D eigenvalue weighted by molar-refractivity contribution is 0.539. The molecule has 0 aliphatic heterocycles. The second kappa shape index (κ2) is 10.3. The van der Waals surface area contributed by atoms with Crippen LogP contribution in [0.4, 0.5) is 18.9 Å². The summed E-state index contributed by atoms with van der Waals surface area (Å²) in [5.74, 6) is -4.29. The number of aromatic nitrogens is 3. The monoisotopic (exact) mass is 594 g/mol. The molecular formula is C34H13F3N6S. The van der Waals surface area contributed by atoms with Crippen LogP contribution in [0.3, 0.4) is 0 Å². The molecule has 0 saturated carbocycles. The van der Waals surface area contributed by atoms with Crippen LogP contribution in [-0.4, -0.2) is 13.7 Å². The number of hydrogen-bond acceptors (Lipinski definition) is 6. The van der Waals surface area contributed by atoms with E-state index in [9.17, 15) is 14.9 Å². The van der Waals surface area contributed by atoms with Crippen LogP contribution < -0.4 is 0 Å². The maximum absolute atomic E-state index is 15.1. The zero-order valence-corrected chi connectivity index (χ0v) is 23.0. The molecule has 0 N–H and O–H groups in total. The molecule has 2 heterocycles. The fraction of sp³-hybridized carbons (Fsp3) is 0. The third-order valence-corrected chi connectivity index (χ3v) is 8.00. The van der Waals surface area contributed by atoms with Crippen molar-refractivity contribution in [2.24, 2.45) is 0 Å². The summed E-state index contributed by atoms with van der Waals surface area (Å²) in [5, 5.41) is 21.0. The van der Waals surface area contributed by atoms with Gasteiger partial charge in [0.05, 0.1) is 35.1 Å². The average Bonchev–Trinajstić information content (AvgIpc) is 3.55. The molecule has 0 aliphatic carbocycles. The number of halogens is 3. The molecule has 2 aromatic heterocycles. The highest BCUT2D eigenvalue weighted by atomic mass is 32.1. The standard InChI is InChI=1S/C34H13F3N6S/c1-40-20-6-4-5-19(13-20)22-14-23-28(34-33(22)42-44-43-34)21-7-2-3-8-26(21)41-32(23)18-11-9-17(10-12-18)27-30(36)24(15-38)29(35)25(16-39)31(27)37/h2-14H. The van der Waals surface area contributed by atoms with Crippen molar-refractivity contribution in [3.8, 4) is 45.6 Å². The number of hydrogen-bond donors (Lipinski definition) is 0. The normalized spacial score (nSPS) is 11.0. The number of rotatable bonds is 3. The van der Waals surface area contributed by atoms with E-state index in [4.69, 9.17) is 11.6 Å². The van der Waals surface area contributed by atoms with Gasteiger partial charge < -0.3 is 0 Å². The molecule has 7 rings (SSSR count). The van der Waals surface area contributed by atoms with Crippen LogP contribution in [-0.2, 0) is 0 Å². The van der Waals surface area contributed by atoms with Gasteiger partial charge in [-0.15, -0.1) is 0 Å². The first-order chi connectivity index (χ1) is 21.4. The Balaban J connectivity index is 1.50. The van der Waals surface area contributed by atoms with Crippen molar-refractivity contribution >= 4 is 50.1 Å². The van der Waals surface area contributed by atoms with Crippen LogP contribution >= 0.6 is 11.7 Å². The molecule has 5 aromatic carbocycles. The molecule has 6 nitrogen and oxygen atoms in total. The Kier molecular flexibility index (Phi) is 6.25. The van der Waals surface area contributed by atoms with Crippen LogP contribution in [0, 0.1) is 46.7 Å². The lowest BCUT2D eigenvalue weighted by atomic mass is 9.93. The van der Waals surface area contributed by atoms with E-state index in [1.807, 2.05) is 36.4 Å². The second-order valence-corrected chi connectivity index (χ2v) is 10.3. The molecule has 0 unspecified atom stereocenters. The van der Waals surface area contributed by atoms with Crippen LogP contribution in [0.15, 0.2) is 78.9 Å². The van der Waals surface area contributed by atoms with Crippen molar-refractivity contribution in [3.63, 3.8) is 0 Å². The van der Waals surface area contributed by atoms with Crippen molar-refractivity contribution in [2.45, 2.75) is 0 Å². The van der Waals surface area contributed by atoms with Crippen LogP contribution in [0.5, 0.6) is 0 Å². The van der Waals surface area contributed by atoms with Crippen molar-refractivity contribution in [1.29, 1.82) is 10.5 Å². The van der Waals surface area contributed by atoms with E-state index in [1.165, 1.54) is 24.3 Å². The number of benzene rings is 5. The highest BCUT2D eigenvalue weighted by molar-refractivity contribution is 7.00. The van der Waals surface area contributed by atoms with Crippen LogP contribution in [0.1, 0.15) is 11.1 Å². The van der Waals surface area contributed by atoms with Crippen molar-refractivity contribution in [2.75, 3.05) is 0 Å². The van der Waals surface area contributed by atoms with Gasteiger partial charge in [-0.25, -0.2) is 23.0 Å². The number of pyridine rings is 1. The quantitative estimate of drug-likeness (QED) is 0.150. The highest BCUT2D eigenvalue weighted by Gasteiger charge is 2.26. The van der Waals surface area contributed by atoms with Gasteiger partial charge in [0.2, 0.25) is 0 Å². The number of para-hydroxylation sites is 1. The van der Waals surface area contributed by atoms with E-state index >= 15 is 8.78 Å². The molecule has 0 saturated heterocycles. The fourth-order valence-electron chi connectivity index (χ4n) is 5.46. The first-order valence-corrected chi connectivity index (χ1v) is 13.7. The van der Waals surface area contributed by atoms with E-state index in [0.717, 1.165) is 39.0 Å². The van der Waals surface area contributed by atoms with Gasteiger partial charge in [0, 0.05) is 27.3 Å². The average molecular weight is 595 g/mol. The number of fused-ring (bicyclic) bond motifs is 5. The van der Waals surface area contributed by atoms with Gasteiger partial charge in [0.1, 0.15) is 34.3 Å². The first kappa shape index (κ1) is 26.7. The van der Waals surface area contributed by atoms with E-state index in [0.29, 0.717) is 33.5 Å². The van der Waals surface area contributed by atoms with Gasteiger partial charge in [-0.1, -0.05) is 60.7 Å². The van der Waals surface area contributed by atoms with Crippen LogP contribution in [0.25, 0.3) is 71.1 Å². The van der Waals surface area contributed by atoms with E-state index in [-0.39, 0.29) is 5.56 Å². The minimum absolute atomic E-state index is 0.0181. The van der Waals surface area contributed by atoms with E-state index in [2.05, 4.69) is 13.6 Å². The summed E-state index contributed by atoms with van der Waals surface area (Å²) in [6, 6.07) is 25.7. The fourth-order valence-corrected chi connectivity index (χ4v) is 6.02. The molecule has 0 spiro atoms. The molecule has 0 aliphatic rings. The molecule has 0 amide bonds. The molecule has 0 bridgehead atoms. The van der Waals surface area contributed by atoms with Crippen molar-refractivity contribution in [1.82, 2.24) is 13.7 Å². The number of nitriles is 2. The van der Waals surface area contributed by atoms with Gasteiger partial charge in [0.15, 0.2) is 23.1 Å². The summed E-state index contributed by atoms with van der Waals surface area (Å²) >= 11 is 1.08. The summed E-state index contributed by atoms with van der Waals surface area (Å²) in [4.78, 5) is 8.52. The topological polar surface area (TPSA) is 90.6 Å². The van der Waals surface area contributed by atoms with Gasteiger partial charge >= 0.3 is 0 Å². The highest BCUT2D eigenvalue weighted by Crippen LogP contribution is 2.42. The Morgan fingerprint density at radius 2 is 1.39 bits per heavy atom. The van der Waals surface area contributed by atoms with E-state index in [1.54, 1.807) is 30.3 Å². The Labute approximate surface area is 251 Å². The van der Waals surface area contributed by atoms with E-state index < -0.39 is 34.1 Å². The first-order valence-electron chi connectivity index (χ1n) is 13.0. The van der Waals surface area contributed by atoms with Crippen molar-refractivity contribution in [3.05, 3.63) is 119 Å². The second-order valence-electron chi connectivity index (χ2n) is 9.82. The molecule has 0 fully saturated rings.